The van der Waals surface area contributed by atoms with E-state index < -0.39 is 4.92 Å². The Balaban J connectivity index is 2.01. The van der Waals surface area contributed by atoms with Gasteiger partial charge in [-0.15, -0.1) is 0 Å². The van der Waals surface area contributed by atoms with Crippen LogP contribution in [-0.2, 0) is 0 Å². The van der Waals surface area contributed by atoms with Crippen LogP contribution in [0.15, 0.2) is 58.4 Å². The number of rotatable bonds is 9. The number of aromatic nitrogens is 2. The lowest BCUT2D eigenvalue weighted by Crippen LogP contribution is -2.21. The van der Waals surface area contributed by atoms with E-state index in [1.165, 1.54) is 23.0 Å². The van der Waals surface area contributed by atoms with Gasteiger partial charge in [0.1, 0.15) is 5.75 Å². The molecule has 0 amide bonds. The first-order chi connectivity index (χ1) is 19.0. The van der Waals surface area contributed by atoms with Gasteiger partial charge in [-0.25, -0.2) is 4.98 Å². The molecule has 9 nitrogen and oxygen atoms in total. The number of methoxy groups -OCH3 is 1. The Kier molecular flexibility index (Phi) is 8.54. The summed E-state index contributed by atoms with van der Waals surface area (Å²) in [5, 5.41) is 16.9. The van der Waals surface area contributed by atoms with E-state index in [-0.39, 0.29) is 39.6 Å². The van der Waals surface area contributed by atoms with Gasteiger partial charge in [-0.1, -0.05) is 44.5 Å². The molecule has 10 heteroatoms. The zero-order valence-corrected chi connectivity index (χ0v) is 24.0. The first-order valence-electron chi connectivity index (χ1n) is 12.9. The van der Waals surface area contributed by atoms with Crippen molar-refractivity contribution < 1.29 is 14.4 Å². The van der Waals surface area contributed by atoms with Gasteiger partial charge in [-0.05, 0) is 67.6 Å². The highest BCUT2D eigenvalue weighted by Gasteiger charge is 2.23. The summed E-state index contributed by atoms with van der Waals surface area (Å²) in [7, 11) is 1.62. The summed E-state index contributed by atoms with van der Waals surface area (Å²) in [6, 6.07) is 13.7. The van der Waals surface area contributed by atoms with Gasteiger partial charge in [0, 0.05) is 22.2 Å². The maximum atomic E-state index is 13.8. The van der Waals surface area contributed by atoms with Gasteiger partial charge in [0.25, 0.3) is 5.56 Å². The van der Waals surface area contributed by atoms with Crippen LogP contribution in [0.1, 0.15) is 56.7 Å². The molecule has 0 spiro atoms. The molecule has 4 rings (SSSR count). The maximum Gasteiger partial charge on any atom is 0.313 e. The Morgan fingerprint density at radius 1 is 1.18 bits per heavy atom. The summed E-state index contributed by atoms with van der Waals surface area (Å²) < 4.78 is 12.7. The minimum atomic E-state index is -0.551. The van der Waals surface area contributed by atoms with Gasteiger partial charge >= 0.3 is 5.69 Å². The second kappa shape index (κ2) is 11.9. The Morgan fingerprint density at radius 3 is 2.55 bits per heavy atom. The first kappa shape index (κ1) is 28.8. The fourth-order valence-corrected chi connectivity index (χ4v) is 4.56. The van der Waals surface area contributed by atoms with E-state index in [0.717, 1.165) is 16.9 Å². The molecule has 1 aromatic heterocycles. The predicted molar refractivity (Wildman–Crippen MR) is 158 cm³/mol. The third-order valence-corrected chi connectivity index (χ3v) is 6.88. The normalized spacial score (nSPS) is 12.3. The average Bonchev–Trinajstić information content (AvgIpc) is 2.92. The van der Waals surface area contributed by atoms with Crippen molar-refractivity contribution in [2.24, 2.45) is 5.10 Å². The Labute approximate surface area is 237 Å². The van der Waals surface area contributed by atoms with Gasteiger partial charge in [0.2, 0.25) is 5.75 Å². The summed E-state index contributed by atoms with van der Waals surface area (Å²) >= 11 is 6.24. The van der Waals surface area contributed by atoms with Crippen LogP contribution < -0.4 is 15.0 Å². The summed E-state index contributed by atoms with van der Waals surface area (Å²) in [5.41, 5.74) is 2.61. The monoisotopic (exact) mass is 562 g/mol. The molecule has 0 radical (unpaired) electrons. The van der Waals surface area contributed by atoms with Gasteiger partial charge in [-0.3, -0.25) is 14.9 Å². The number of fused-ring (bicyclic) bond motifs is 1. The molecule has 0 unspecified atom stereocenters. The van der Waals surface area contributed by atoms with E-state index in [1.807, 2.05) is 39.0 Å². The third kappa shape index (κ3) is 5.70. The Bertz CT molecular complexity index is 1680. The lowest BCUT2D eigenvalue weighted by molar-refractivity contribution is -0.386. The first-order valence-corrected chi connectivity index (χ1v) is 13.3. The van der Waals surface area contributed by atoms with Gasteiger partial charge in [0.05, 0.1) is 35.3 Å². The van der Waals surface area contributed by atoms with Gasteiger partial charge in [-0.2, -0.15) is 9.78 Å². The lowest BCUT2D eigenvalue weighted by Gasteiger charge is -2.17. The second-order valence-electron chi connectivity index (χ2n) is 9.81. The van der Waals surface area contributed by atoms with Crippen LogP contribution in [0.5, 0.6) is 11.5 Å². The number of ether oxygens (including phenoxy) is 2. The van der Waals surface area contributed by atoms with Crippen molar-refractivity contribution in [2.75, 3.05) is 7.11 Å². The molecule has 4 aromatic rings. The highest BCUT2D eigenvalue weighted by atomic mass is 35.5. The molecule has 208 valence electrons. The highest BCUT2D eigenvalue weighted by Crippen LogP contribution is 2.36. The SMILES string of the molecule is CC[C@H](C)Oc1c(C=Nn2c(-c3cc(C(C)C)c(OC)cc3C)nc3ccccc3c2=O)cc(Cl)cc1[N+](=O)[O-]. The minimum Gasteiger partial charge on any atom is -0.496 e. The predicted octanol–water partition coefficient (Wildman–Crippen LogP) is 7.13. The fourth-order valence-electron chi connectivity index (χ4n) is 4.34. The van der Waals surface area contributed by atoms with Crippen LogP contribution in [-0.4, -0.2) is 34.0 Å². The van der Waals surface area contributed by atoms with Crippen molar-refractivity contribution in [3.8, 4) is 22.9 Å². The Morgan fingerprint density at radius 2 is 1.90 bits per heavy atom. The van der Waals surface area contributed by atoms with Crippen LogP contribution in [0.25, 0.3) is 22.3 Å². The van der Waals surface area contributed by atoms with Crippen molar-refractivity contribution in [3.63, 3.8) is 0 Å². The van der Waals surface area contributed by atoms with Crippen LogP contribution >= 0.6 is 11.6 Å². The molecule has 3 aromatic carbocycles. The van der Waals surface area contributed by atoms with Crippen LogP contribution in [0.3, 0.4) is 0 Å². The molecule has 0 aliphatic carbocycles. The highest BCUT2D eigenvalue weighted by molar-refractivity contribution is 6.31. The lowest BCUT2D eigenvalue weighted by atomic mass is 9.96. The van der Waals surface area contributed by atoms with E-state index in [2.05, 4.69) is 18.9 Å². The zero-order valence-electron chi connectivity index (χ0n) is 23.3. The maximum absolute atomic E-state index is 13.8. The van der Waals surface area contributed by atoms with Crippen molar-refractivity contribution >= 4 is 34.4 Å². The van der Waals surface area contributed by atoms with E-state index in [4.69, 9.17) is 26.1 Å². The van der Waals surface area contributed by atoms with Crippen molar-refractivity contribution in [2.45, 2.75) is 53.1 Å². The van der Waals surface area contributed by atoms with Gasteiger partial charge < -0.3 is 9.47 Å². The smallest absolute Gasteiger partial charge is 0.313 e. The molecular weight excluding hydrogens is 532 g/mol. The topological polar surface area (TPSA) is 109 Å². The molecule has 0 aliphatic heterocycles. The number of halogens is 1. The number of hydrogen-bond donors (Lipinski definition) is 0. The molecule has 1 atom stereocenters. The standard InChI is InChI=1S/C30H31ClN4O5/c1-7-19(5)40-28-20(13-21(31)14-26(28)35(37)38)16-32-34-29(33-25-11-9-8-10-22(25)30(34)36)24-15-23(17(2)3)27(39-6)12-18(24)4/h8-17,19H,7H2,1-6H3/t19-/m0/s1. The van der Waals surface area contributed by atoms with E-state index in [1.54, 1.807) is 25.3 Å². The number of nitro groups is 1. The summed E-state index contributed by atoms with van der Waals surface area (Å²) in [4.78, 5) is 29.9. The Hall–Kier alpha value is -4.24. The summed E-state index contributed by atoms with van der Waals surface area (Å²) in [6.45, 7) is 9.75. The van der Waals surface area contributed by atoms with E-state index >= 15 is 0 Å². The molecule has 0 saturated carbocycles. The fraction of sp³-hybridized carbons (Fsp3) is 0.300. The molecule has 40 heavy (non-hydrogen) atoms. The average molecular weight is 563 g/mol. The number of para-hydroxylation sites is 1. The van der Waals surface area contributed by atoms with Crippen LogP contribution in [0.4, 0.5) is 5.69 Å². The van der Waals surface area contributed by atoms with Crippen molar-refractivity contribution in [3.05, 3.63) is 90.7 Å². The molecule has 0 N–H and O–H groups in total. The summed E-state index contributed by atoms with van der Waals surface area (Å²) in [6.07, 6.45) is 1.67. The molecule has 0 aliphatic rings. The quantitative estimate of drug-likeness (QED) is 0.122. The molecule has 0 bridgehead atoms. The van der Waals surface area contributed by atoms with Crippen LogP contribution in [0.2, 0.25) is 5.02 Å². The number of nitrogens with zero attached hydrogens (tertiary/aromatic N) is 4. The minimum absolute atomic E-state index is 0.0265. The van der Waals surface area contributed by atoms with E-state index in [9.17, 15) is 14.9 Å². The molecule has 0 fully saturated rings. The van der Waals surface area contributed by atoms with Crippen molar-refractivity contribution in [1.29, 1.82) is 0 Å². The number of benzene rings is 3. The number of aryl methyl sites for hydroxylation is 1. The molecule has 0 saturated heterocycles. The second-order valence-corrected chi connectivity index (χ2v) is 10.3. The molecule has 1 heterocycles. The van der Waals surface area contributed by atoms with Crippen LogP contribution in [0, 0.1) is 17.0 Å². The number of hydrogen-bond acceptors (Lipinski definition) is 7. The van der Waals surface area contributed by atoms with Crippen molar-refractivity contribution in [1.82, 2.24) is 9.66 Å². The summed E-state index contributed by atoms with van der Waals surface area (Å²) in [5.74, 6) is 1.24. The largest absolute Gasteiger partial charge is 0.496 e. The molecular formula is C30H31ClN4O5. The third-order valence-electron chi connectivity index (χ3n) is 6.66. The number of nitro benzene ring substituents is 1. The zero-order chi connectivity index (χ0) is 29.1. The van der Waals surface area contributed by atoms with Gasteiger partial charge in [0.15, 0.2) is 5.82 Å². The van der Waals surface area contributed by atoms with E-state index in [0.29, 0.717) is 28.7 Å².